The van der Waals surface area contributed by atoms with Crippen molar-refractivity contribution in [2.24, 2.45) is 0 Å². The third-order valence-electron chi connectivity index (χ3n) is 4.11. The second-order valence-corrected chi connectivity index (χ2v) is 5.97. The largest absolute Gasteiger partial charge is 0.494 e. The molecular weight excluding hydrogens is 349 g/mol. The molecule has 0 fully saturated rings. The molecule has 1 heterocycles. The van der Waals surface area contributed by atoms with Crippen LogP contribution in [-0.4, -0.2) is 13.0 Å². The number of hydrogen-bond donors (Lipinski definition) is 1. The molecule has 0 bridgehead atoms. The van der Waals surface area contributed by atoms with Crippen molar-refractivity contribution in [3.05, 3.63) is 83.6 Å². The SMILES string of the molecule is COc1ccc([C@@H](C)NC(=O)c2occc2COc2ccccc2)cc1F. The fourth-order valence-electron chi connectivity index (χ4n) is 2.62. The van der Waals surface area contributed by atoms with Crippen molar-refractivity contribution in [1.82, 2.24) is 5.32 Å². The Morgan fingerprint density at radius 1 is 1.19 bits per heavy atom. The second-order valence-electron chi connectivity index (χ2n) is 5.97. The third kappa shape index (κ3) is 4.47. The lowest BCUT2D eigenvalue weighted by atomic mass is 10.1. The average Bonchev–Trinajstić information content (AvgIpc) is 3.16. The molecule has 1 amide bonds. The Balaban J connectivity index is 1.66. The van der Waals surface area contributed by atoms with E-state index in [1.807, 2.05) is 30.3 Å². The first kappa shape index (κ1) is 18.5. The number of benzene rings is 2. The Morgan fingerprint density at radius 2 is 1.96 bits per heavy atom. The number of methoxy groups -OCH3 is 1. The maximum atomic E-state index is 13.9. The zero-order chi connectivity index (χ0) is 19.2. The molecule has 1 N–H and O–H groups in total. The highest BCUT2D eigenvalue weighted by atomic mass is 19.1. The van der Waals surface area contributed by atoms with Crippen LogP contribution in [-0.2, 0) is 6.61 Å². The summed E-state index contributed by atoms with van der Waals surface area (Å²) >= 11 is 0. The molecule has 0 unspecified atom stereocenters. The van der Waals surface area contributed by atoms with Crippen LogP contribution < -0.4 is 14.8 Å². The maximum absolute atomic E-state index is 13.9. The monoisotopic (exact) mass is 369 g/mol. The van der Waals surface area contributed by atoms with E-state index >= 15 is 0 Å². The van der Waals surface area contributed by atoms with Gasteiger partial charge in [0.2, 0.25) is 0 Å². The number of carbonyl (C=O) groups excluding carboxylic acids is 1. The van der Waals surface area contributed by atoms with Gasteiger partial charge in [0.15, 0.2) is 17.3 Å². The molecule has 1 aromatic heterocycles. The van der Waals surface area contributed by atoms with Crippen LogP contribution in [0, 0.1) is 5.82 Å². The molecule has 5 nitrogen and oxygen atoms in total. The van der Waals surface area contributed by atoms with Gasteiger partial charge in [0.1, 0.15) is 12.4 Å². The summed E-state index contributed by atoms with van der Waals surface area (Å²) in [6.07, 6.45) is 1.44. The Labute approximate surface area is 156 Å². The number of hydrogen-bond acceptors (Lipinski definition) is 4. The molecule has 0 saturated heterocycles. The summed E-state index contributed by atoms with van der Waals surface area (Å²) in [5.41, 5.74) is 1.25. The molecule has 0 aliphatic carbocycles. The molecule has 3 rings (SSSR count). The van der Waals surface area contributed by atoms with E-state index in [1.165, 1.54) is 25.5 Å². The van der Waals surface area contributed by atoms with Gasteiger partial charge in [0.25, 0.3) is 5.91 Å². The van der Waals surface area contributed by atoms with Crippen molar-refractivity contribution in [1.29, 1.82) is 0 Å². The number of carbonyl (C=O) groups is 1. The first-order valence-corrected chi connectivity index (χ1v) is 8.47. The fraction of sp³-hybridized carbons (Fsp3) is 0.190. The van der Waals surface area contributed by atoms with E-state index in [-0.39, 0.29) is 18.1 Å². The van der Waals surface area contributed by atoms with Gasteiger partial charge in [0, 0.05) is 5.56 Å². The van der Waals surface area contributed by atoms with Crippen LogP contribution in [0.5, 0.6) is 11.5 Å². The first-order valence-electron chi connectivity index (χ1n) is 8.47. The third-order valence-corrected chi connectivity index (χ3v) is 4.11. The Morgan fingerprint density at radius 3 is 2.67 bits per heavy atom. The van der Waals surface area contributed by atoms with Gasteiger partial charge in [-0.1, -0.05) is 24.3 Å². The standard InChI is InChI=1S/C21H20FNO4/c1-14(15-8-9-19(25-2)18(22)12-15)23-21(24)20-16(10-11-26-20)13-27-17-6-4-3-5-7-17/h3-12,14H,13H2,1-2H3,(H,23,24)/t14-/m1/s1. The van der Waals surface area contributed by atoms with Gasteiger partial charge in [-0.05, 0) is 42.8 Å². The van der Waals surface area contributed by atoms with Gasteiger partial charge < -0.3 is 19.2 Å². The minimum atomic E-state index is -0.481. The van der Waals surface area contributed by atoms with Crippen molar-refractivity contribution >= 4 is 5.91 Å². The van der Waals surface area contributed by atoms with E-state index in [1.54, 1.807) is 19.1 Å². The summed E-state index contributed by atoms with van der Waals surface area (Å²) in [5.74, 6) is 0.156. The lowest BCUT2D eigenvalue weighted by Gasteiger charge is -2.15. The zero-order valence-electron chi connectivity index (χ0n) is 15.1. The topological polar surface area (TPSA) is 60.7 Å². The average molecular weight is 369 g/mol. The molecular formula is C21H20FNO4. The summed E-state index contributed by atoms with van der Waals surface area (Å²) in [5, 5.41) is 2.81. The number of para-hydroxylation sites is 1. The zero-order valence-corrected chi connectivity index (χ0v) is 15.1. The maximum Gasteiger partial charge on any atom is 0.287 e. The van der Waals surface area contributed by atoms with Crippen LogP contribution in [0.15, 0.2) is 65.3 Å². The van der Waals surface area contributed by atoms with E-state index < -0.39 is 17.8 Å². The molecule has 0 radical (unpaired) electrons. The van der Waals surface area contributed by atoms with E-state index in [4.69, 9.17) is 13.9 Å². The van der Waals surface area contributed by atoms with Gasteiger partial charge in [0.05, 0.1) is 19.4 Å². The van der Waals surface area contributed by atoms with Gasteiger partial charge in [-0.25, -0.2) is 4.39 Å². The summed E-state index contributed by atoms with van der Waals surface area (Å²) in [4.78, 5) is 12.6. The Bertz CT molecular complexity index is 908. The number of ether oxygens (including phenoxy) is 2. The quantitative estimate of drug-likeness (QED) is 0.666. The predicted octanol–water partition coefficient (Wildman–Crippen LogP) is 4.50. The lowest BCUT2D eigenvalue weighted by Crippen LogP contribution is -2.27. The molecule has 3 aromatic rings. The molecule has 1 atom stereocenters. The lowest BCUT2D eigenvalue weighted by molar-refractivity contribution is 0.0908. The number of rotatable bonds is 7. The van der Waals surface area contributed by atoms with Crippen LogP contribution >= 0.6 is 0 Å². The summed E-state index contributed by atoms with van der Waals surface area (Å²) in [7, 11) is 1.40. The van der Waals surface area contributed by atoms with E-state index in [2.05, 4.69) is 5.32 Å². The van der Waals surface area contributed by atoms with E-state index in [9.17, 15) is 9.18 Å². The fourth-order valence-corrected chi connectivity index (χ4v) is 2.62. The Hall–Kier alpha value is -3.28. The minimum absolute atomic E-state index is 0.156. The molecule has 0 aliphatic heterocycles. The smallest absolute Gasteiger partial charge is 0.287 e. The van der Waals surface area contributed by atoms with Gasteiger partial charge in [-0.15, -0.1) is 0 Å². The van der Waals surface area contributed by atoms with Crippen molar-refractivity contribution in [3.8, 4) is 11.5 Å². The first-order chi connectivity index (χ1) is 13.1. The molecule has 2 aromatic carbocycles. The minimum Gasteiger partial charge on any atom is -0.494 e. The Kier molecular flexibility index (Phi) is 5.76. The van der Waals surface area contributed by atoms with Crippen LogP contribution in [0.1, 0.15) is 34.6 Å². The van der Waals surface area contributed by atoms with E-state index in [0.717, 1.165) is 0 Å². The van der Waals surface area contributed by atoms with Gasteiger partial charge in [-0.3, -0.25) is 4.79 Å². The molecule has 0 aliphatic rings. The van der Waals surface area contributed by atoms with Gasteiger partial charge >= 0.3 is 0 Å². The van der Waals surface area contributed by atoms with Crippen molar-refractivity contribution in [2.45, 2.75) is 19.6 Å². The predicted molar refractivity (Wildman–Crippen MR) is 98.3 cm³/mol. The number of furan rings is 1. The molecule has 0 spiro atoms. The van der Waals surface area contributed by atoms with Crippen LogP contribution in [0.25, 0.3) is 0 Å². The van der Waals surface area contributed by atoms with Crippen LogP contribution in [0.3, 0.4) is 0 Å². The molecule has 140 valence electrons. The van der Waals surface area contributed by atoms with Crippen molar-refractivity contribution < 1.29 is 23.1 Å². The molecule has 27 heavy (non-hydrogen) atoms. The molecule has 0 saturated carbocycles. The van der Waals surface area contributed by atoms with Gasteiger partial charge in [-0.2, -0.15) is 0 Å². The highest BCUT2D eigenvalue weighted by Crippen LogP contribution is 2.22. The highest BCUT2D eigenvalue weighted by Gasteiger charge is 2.19. The number of nitrogens with one attached hydrogen (secondary N) is 1. The number of halogens is 1. The number of amides is 1. The molecule has 6 heteroatoms. The van der Waals surface area contributed by atoms with Crippen molar-refractivity contribution in [2.75, 3.05) is 7.11 Å². The summed E-state index contributed by atoms with van der Waals surface area (Å²) in [6.45, 7) is 1.97. The normalized spacial score (nSPS) is 11.7. The second kappa shape index (κ2) is 8.40. The highest BCUT2D eigenvalue weighted by molar-refractivity contribution is 5.93. The summed E-state index contributed by atoms with van der Waals surface area (Å²) < 4.78 is 29.8. The van der Waals surface area contributed by atoms with Crippen LogP contribution in [0.2, 0.25) is 0 Å². The van der Waals surface area contributed by atoms with E-state index in [0.29, 0.717) is 16.9 Å². The van der Waals surface area contributed by atoms with Crippen LogP contribution in [0.4, 0.5) is 4.39 Å². The van der Waals surface area contributed by atoms with Crippen molar-refractivity contribution in [3.63, 3.8) is 0 Å². The summed E-state index contributed by atoms with van der Waals surface area (Å²) in [6, 6.07) is 15.1.